The third-order valence-corrected chi connectivity index (χ3v) is 3.48. The van der Waals surface area contributed by atoms with Crippen molar-refractivity contribution in [2.75, 3.05) is 11.9 Å². The van der Waals surface area contributed by atoms with Crippen LogP contribution in [0.5, 0.6) is 0 Å². The van der Waals surface area contributed by atoms with Crippen LogP contribution in [0.15, 0.2) is 42.6 Å². The SMILES string of the molecule is CCCCNC(=O)c1ccc(NCc2ccc(Cl)cc2)nc1. The van der Waals surface area contributed by atoms with Crippen molar-refractivity contribution in [3.63, 3.8) is 0 Å². The zero-order chi connectivity index (χ0) is 15.8. The fraction of sp³-hybridized carbons (Fsp3) is 0.294. The van der Waals surface area contributed by atoms with E-state index >= 15 is 0 Å². The first-order valence-corrected chi connectivity index (χ1v) is 7.79. The molecule has 0 atom stereocenters. The molecule has 0 aliphatic rings. The Kier molecular flexibility index (Phi) is 6.22. The number of hydrogen-bond acceptors (Lipinski definition) is 3. The number of benzene rings is 1. The van der Waals surface area contributed by atoms with Gasteiger partial charge in [-0.15, -0.1) is 0 Å². The van der Waals surface area contributed by atoms with Gasteiger partial charge in [-0.05, 0) is 36.2 Å². The minimum absolute atomic E-state index is 0.0785. The predicted octanol–water partition coefficient (Wildman–Crippen LogP) is 3.88. The molecule has 0 spiro atoms. The Morgan fingerprint density at radius 1 is 1.18 bits per heavy atom. The highest BCUT2D eigenvalue weighted by Gasteiger charge is 2.05. The molecule has 0 unspecified atom stereocenters. The second-order valence-electron chi connectivity index (χ2n) is 5.02. The van der Waals surface area contributed by atoms with E-state index in [0.29, 0.717) is 18.7 Å². The molecular weight excluding hydrogens is 298 g/mol. The Hall–Kier alpha value is -2.07. The molecule has 22 heavy (non-hydrogen) atoms. The maximum absolute atomic E-state index is 11.9. The molecule has 1 aromatic heterocycles. The summed E-state index contributed by atoms with van der Waals surface area (Å²) < 4.78 is 0. The van der Waals surface area contributed by atoms with Gasteiger partial charge in [-0.25, -0.2) is 4.98 Å². The Bertz CT molecular complexity index is 596. The van der Waals surface area contributed by atoms with Gasteiger partial charge >= 0.3 is 0 Å². The van der Waals surface area contributed by atoms with E-state index in [1.807, 2.05) is 30.3 Å². The summed E-state index contributed by atoms with van der Waals surface area (Å²) in [6.07, 6.45) is 3.64. The van der Waals surface area contributed by atoms with Gasteiger partial charge in [0.15, 0.2) is 0 Å². The number of nitrogens with one attached hydrogen (secondary N) is 2. The lowest BCUT2D eigenvalue weighted by atomic mass is 10.2. The normalized spacial score (nSPS) is 10.3. The summed E-state index contributed by atoms with van der Waals surface area (Å²) in [6.45, 7) is 3.45. The Labute approximate surface area is 135 Å². The number of rotatable bonds is 7. The Morgan fingerprint density at radius 3 is 2.59 bits per heavy atom. The minimum atomic E-state index is -0.0785. The number of amides is 1. The minimum Gasteiger partial charge on any atom is -0.366 e. The van der Waals surface area contributed by atoms with E-state index in [1.54, 1.807) is 12.3 Å². The van der Waals surface area contributed by atoms with Crippen molar-refractivity contribution in [3.05, 3.63) is 58.7 Å². The predicted molar refractivity (Wildman–Crippen MR) is 90.3 cm³/mol. The molecule has 1 aromatic carbocycles. The van der Waals surface area contributed by atoms with Gasteiger partial charge in [0.1, 0.15) is 5.82 Å². The molecule has 1 amide bonds. The van der Waals surface area contributed by atoms with Gasteiger partial charge in [-0.1, -0.05) is 37.1 Å². The van der Waals surface area contributed by atoms with Crippen LogP contribution < -0.4 is 10.6 Å². The van der Waals surface area contributed by atoms with Crippen molar-refractivity contribution < 1.29 is 4.79 Å². The van der Waals surface area contributed by atoms with Crippen molar-refractivity contribution in [1.29, 1.82) is 0 Å². The zero-order valence-corrected chi connectivity index (χ0v) is 13.4. The van der Waals surface area contributed by atoms with Crippen LogP contribution in [-0.4, -0.2) is 17.4 Å². The average Bonchev–Trinajstić information content (AvgIpc) is 2.55. The topological polar surface area (TPSA) is 54.0 Å². The highest BCUT2D eigenvalue weighted by Crippen LogP contribution is 2.11. The molecule has 0 aliphatic carbocycles. The first-order chi connectivity index (χ1) is 10.7. The quantitative estimate of drug-likeness (QED) is 0.762. The van der Waals surface area contributed by atoms with Crippen molar-refractivity contribution >= 4 is 23.3 Å². The highest BCUT2D eigenvalue weighted by atomic mass is 35.5. The number of aromatic nitrogens is 1. The van der Waals surface area contributed by atoms with Crippen molar-refractivity contribution in [2.24, 2.45) is 0 Å². The van der Waals surface area contributed by atoms with E-state index in [-0.39, 0.29) is 5.91 Å². The van der Waals surface area contributed by atoms with Crippen LogP contribution in [0.2, 0.25) is 5.02 Å². The lowest BCUT2D eigenvalue weighted by molar-refractivity contribution is 0.0953. The van der Waals surface area contributed by atoms with Gasteiger partial charge < -0.3 is 10.6 Å². The van der Waals surface area contributed by atoms with Crippen molar-refractivity contribution in [1.82, 2.24) is 10.3 Å². The smallest absolute Gasteiger partial charge is 0.252 e. The van der Waals surface area contributed by atoms with Gasteiger partial charge in [0.25, 0.3) is 5.91 Å². The fourth-order valence-electron chi connectivity index (χ4n) is 1.91. The van der Waals surface area contributed by atoms with E-state index in [0.717, 1.165) is 29.2 Å². The number of anilines is 1. The van der Waals surface area contributed by atoms with Crippen LogP contribution in [0.1, 0.15) is 35.7 Å². The molecule has 0 bridgehead atoms. The lowest BCUT2D eigenvalue weighted by Gasteiger charge is -2.07. The van der Waals surface area contributed by atoms with E-state index in [4.69, 9.17) is 11.6 Å². The van der Waals surface area contributed by atoms with E-state index in [1.165, 1.54) is 0 Å². The summed E-state index contributed by atoms with van der Waals surface area (Å²) in [5, 5.41) is 6.81. The number of carbonyl (C=O) groups excluding carboxylic acids is 1. The maximum Gasteiger partial charge on any atom is 0.252 e. The number of carbonyl (C=O) groups is 1. The summed E-state index contributed by atoms with van der Waals surface area (Å²) in [5.41, 5.74) is 1.70. The molecule has 2 aromatic rings. The third kappa shape index (κ3) is 5.04. The first kappa shape index (κ1) is 16.3. The van der Waals surface area contributed by atoms with Crippen LogP contribution in [0.4, 0.5) is 5.82 Å². The molecule has 1 heterocycles. The molecule has 0 aliphatic heterocycles. The Balaban J connectivity index is 1.86. The molecule has 4 nitrogen and oxygen atoms in total. The number of hydrogen-bond donors (Lipinski definition) is 2. The second-order valence-corrected chi connectivity index (χ2v) is 5.46. The van der Waals surface area contributed by atoms with E-state index in [9.17, 15) is 4.79 Å². The van der Waals surface area contributed by atoms with Gasteiger partial charge in [0, 0.05) is 24.3 Å². The van der Waals surface area contributed by atoms with Crippen LogP contribution in [0.3, 0.4) is 0 Å². The molecule has 0 radical (unpaired) electrons. The zero-order valence-electron chi connectivity index (χ0n) is 12.6. The number of halogens is 1. The second kappa shape index (κ2) is 8.39. The van der Waals surface area contributed by atoms with Gasteiger partial charge in [0.2, 0.25) is 0 Å². The standard InChI is InChI=1S/C17H20ClN3O/c1-2-3-10-19-17(22)14-6-9-16(21-12-14)20-11-13-4-7-15(18)8-5-13/h4-9,12H,2-3,10-11H2,1H3,(H,19,22)(H,20,21). The molecule has 116 valence electrons. The molecule has 2 rings (SSSR count). The van der Waals surface area contributed by atoms with Crippen LogP contribution in [0, 0.1) is 0 Å². The number of pyridine rings is 1. The van der Waals surface area contributed by atoms with E-state index < -0.39 is 0 Å². The van der Waals surface area contributed by atoms with Crippen LogP contribution in [-0.2, 0) is 6.54 Å². The largest absolute Gasteiger partial charge is 0.366 e. The average molecular weight is 318 g/mol. The van der Waals surface area contributed by atoms with E-state index in [2.05, 4.69) is 22.5 Å². The van der Waals surface area contributed by atoms with Crippen molar-refractivity contribution in [3.8, 4) is 0 Å². The molecule has 0 saturated heterocycles. The molecule has 0 saturated carbocycles. The summed E-state index contributed by atoms with van der Waals surface area (Å²) in [5.74, 6) is 0.658. The summed E-state index contributed by atoms with van der Waals surface area (Å²) >= 11 is 5.85. The first-order valence-electron chi connectivity index (χ1n) is 7.41. The lowest BCUT2D eigenvalue weighted by Crippen LogP contribution is -2.24. The van der Waals surface area contributed by atoms with Gasteiger partial charge in [-0.2, -0.15) is 0 Å². The number of unbranched alkanes of at least 4 members (excludes halogenated alkanes) is 1. The third-order valence-electron chi connectivity index (χ3n) is 3.23. The summed E-state index contributed by atoms with van der Waals surface area (Å²) in [4.78, 5) is 16.1. The van der Waals surface area contributed by atoms with Crippen LogP contribution >= 0.6 is 11.6 Å². The summed E-state index contributed by atoms with van der Waals surface area (Å²) in [6, 6.07) is 11.2. The highest BCUT2D eigenvalue weighted by molar-refractivity contribution is 6.30. The molecule has 5 heteroatoms. The number of nitrogens with zero attached hydrogens (tertiary/aromatic N) is 1. The molecule has 0 fully saturated rings. The molecule has 2 N–H and O–H groups in total. The summed E-state index contributed by atoms with van der Waals surface area (Å²) in [7, 11) is 0. The molecular formula is C17H20ClN3O. The van der Waals surface area contributed by atoms with Gasteiger partial charge in [-0.3, -0.25) is 4.79 Å². The van der Waals surface area contributed by atoms with Crippen LogP contribution in [0.25, 0.3) is 0 Å². The maximum atomic E-state index is 11.9. The fourth-order valence-corrected chi connectivity index (χ4v) is 2.03. The van der Waals surface area contributed by atoms with Crippen molar-refractivity contribution in [2.45, 2.75) is 26.3 Å². The monoisotopic (exact) mass is 317 g/mol. The van der Waals surface area contributed by atoms with Gasteiger partial charge in [0.05, 0.1) is 5.56 Å². The Morgan fingerprint density at radius 2 is 1.95 bits per heavy atom.